The topological polar surface area (TPSA) is 47.6 Å². The van der Waals surface area contributed by atoms with E-state index in [1.165, 1.54) is 0 Å². The van der Waals surface area contributed by atoms with Crippen molar-refractivity contribution in [2.75, 3.05) is 13.2 Å². The lowest BCUT2D eigenvalue weighted by Crippen LogP contribution is -2.20. The Balaban J connectivity index is 1.69. The normalized spacial score (nSPS) is 19.7. The molecule has 1 N–H and O–H groups in total. The number of carbonyl (C=O) groups is 1. The monoisotopic (exact) mass is 207 g/mol. The van der Waals surface area contributed by atoms with E-state index < -0.39 is 0 Å². The lowest BCUT2D eigenvalue weighted by atomic mass is 10.2. The van der Waals surface area contributed by atoms with Gasteiger partial charge in [-0.05, 0) is 5.56 Å². The highest BCUT2D eigenvalue weighted by atomic mass is 16.6. The van der Waals surface area contributed by atoms with E-state index in [1.54, 1.807) is 0 Å². The molecule has 80 valence electrons. The minimum absolute atomic E-state index is 0.152. The first-order valence-corrected chi connectivity index (χ1v) is 4.91. The first-order valence-electron chi connectivity index (χ1n) is 4.91. The van der Waals surface area contributed by atoms with Crippen LogP contribution in [0.1, 0.15) is 5.56 Å². The van der Waals surface area contributed by atoms with Gasteiger partial charge in [0.05, 0.1) is 19.8 Å². The zero-order valence-corrected chi connectivity index (χ0v) is 8.31. The summed E-state index contributed by atoms with van der Waals surface area (Å²) in [6.45, 7) is 1.52. The van der Waals surface area contributed by atoms with Crippen LogP contribution in [0.4, 0.5) is 4.79 Å². The van der Waals surface area contributed by atoms with E-state index in [9.17, 15) is 4.79 Å². The molecule has 0 aliphatic carbocycles. The number of hydrogen-bond donors (Lipinski definition) is 1. The van der Waals surface area contributed by atoms with Gasteiger partial charge in [-0.15, -0.1) is 0 Å². The molecule has 1 aromatic carbocycles. The Hall–Kier alpha value is -1.55. The Bertz CT molecular complexity index is 326. The average molecular weight is 207 g/mol. The van der Waals surface area contributed by atoms with E-state index >= 15 is 0 Å². The van der Waals surface area contributed by atoms with Gasteiger partial charge in [0.15, 0.2) is 0 Å². The van der Waals surface area contributed by atoms with Crippen molar-refractivity contribution in [3.8, 4) is 0 Å². The molecule has 15 heavy (non-hydrogen) atoms. The van der Waals surface area contributed by atoms with Crippen molar-refractivity contribution in [2.45, 2.75) is 12.7 Å². The summed E-state index contributed by atoms with van der Waals surface area (Å²) in [4.78, 5) is 10.7. The largest absolute Gasteiger partial charge is 0.442 e. The summed E-state index contributed by atoms with van der Waals surface area (Å²) in [7, 11) is 0. The molecule has 0 saturated carbocycles. The quantitative estimate of drug-likeness (QED) is 0.809. The number of amides is 1. The van der Waals surface area contributed by atoms with Crippen LogP contribution in [-0.2, 0) is 16.1 Å². The van der Waals surface area contributed by atoms with Crippen LogP contribution < -0.4 is 5.32 Å². The van der Waals surface area contributed by atoms with Crippen LogP contribution in [0.25, 0.3) is 0 Å². The first-order chi connectivity index (χ1) is 7.34. The molecule has 1 aromatic rings. The maximum absolute atomic E-state index is 10.7. The maximum Gasteiger partial charge on any atom is 0.407 e. The molecular formula is C11H13NO3. The van der Waals surface area contributed by atoms with Crippen molar-refractivity contribution < 1.29 is 14.3 Å². The number of carbonyl (C=O) groups excluding carboxylic acids is 1. The molecule has 0 radical (unpaired) electrons. The van der Waals surface area contributed by atoms with Crippen molar-refractivity contribution in [1.82, 2.24) is 5.32 Å². The van der Waals surface area contributed by atoms with Gasteiger partial charge >= 0.3 is 6.09 Å². The van der Waals surface area contributed by atoms with Gasteiger partial charge in [-0.3, -0.25) is 0 Å². The van der Waals surface area contributed by atoms with Crippen molar-refractivity contribution in [3.63, 3.8) is 0 Å². The third-order valence-corrected chi connectivity index (χ3v) is 2.16. The van der Waals surface area contributed by atoms with Gasteiger partial charge in [-0.25, -0.2) is 4.79 Å². The number of ether oxygens (including phenoxy) is 2. The molecule has 0 unspecified atom stereocenters. The molecule has 0 spiro atoms. The number of rotatable bonds is 4. The lowest BCUT2D eigenvalue weighted by Gasteiger charge is -2.08. The number of benzene rings is 1. The zero-order valence-electron chi connectivity index (χ0n) is 8.31. The van der Waals surface area contributed by atoms with Crippen molar-refractivity contribution >= 4 is 6.09 Å². The van der Waals surface area contributed by atoms with Crippen LogP contribution in [-0.4, -0.2) is 25.3 Å². The second kappa shape index (κ2) is 4.79. The molecule has 1 saturated heterocycles. The van der Waals surface area contributed by atoms with E-state index in [2.05, 4.69) is 5.32 Å². The summed E-state index contributed by atoms with van der Waals surface area (Å²) < 4.78 is 10.4. The summed E-state index contributed by atoms with van der Waals surface area (Å²) >= 11 is 0. The zero-order chi connectivity index (χ0) is 10.5. The Morgan fingerprint density at radius 1 is 1.40 bits per heavy atom. The SMILES string of the molecule is O=C1NC[C@@H](COCc2ccccc2)O1. The van der Waals surface area contributed by atoms with Crippen LogP contribution >= 0.6 is 0 Å². The van der Waals surface area contributed by atoms with Crippen LogP contribution in [0.15, 0.2) is 30.3 Å². The van der Waals surface area contributed by atoms with E-state index in [0.717, 1.165) is 5.56 Å². The molecule has 1 aliphatic rings. The van der Waals surface area contributed by atoms with Gasteiger partial charge in [0.25, 0.3) is 0 Å². The lowest BCUT2D eigenvalue weighted by molar-refractivity contribution is 0.0381. The highest BCUT2D eigenvalue weighted by Crippen LogP contribution is 2.04. The second-order valence-electron chi connectivity index (χ2n) is 3.41. The van der Waals surface area contributed by atoms with Crippen LogP contribution in [0.5, 0.6) is 0 Å². The summed E-state index contributed by atoms with van der Waals surface area (Å²) in [5.41, 5.74) is 1.12. The van der Waals surface area contributed by atoms with E-state index in [-0.39, 0.29) is 12.2 Å². The smallest absolute Gasteiger partial charge is 0.407 e. The van der Waals surface area contributed by atoms with E-state index in [4.69, 9.17) is 9.47 Å². The minimum atomic E-state index is -0.358. The van der Waals surface area contributed by atoms with Crippen LogP contribution in [0.2, 0.25) is 0 Å². The molecular weight excluding hydrogens is 194 g/mol. The maximum atomic E-state index is 10.7. The van der Waals surface area contributed by atoms with Crippen molar-refractivity contribution in [3.05, 3.63) is 35.9 Å². The summed E-state index contributed by atoms with van der Waals surface area (Å²) in [6, 6.07) is 9.90. The van der Waals surface area contributed by atoms with Crippen LogP contribution in [0, 0.1) is 0 Å². The van der Waals surface area contributed by atoms with Crippen molar-refractivity contribution in [2.24, 2.45) is 0 Å². The molecule has 1 heterocycles. The number of nitrogens with one attached hydrogen (secondary N) is 1. The molecule has 1 aliphatic heterocycles. The summed E-state index contributed by atoms with van der Waals surface area (Å²) in [5.74, 6) is 0. The average Bonchev–Trinajstić information content (AvgIpc) is 2.66. The van der Waals surface area contributed by atoms with Gasteiger partial charge in [0.2, 0.25) is 0 Å². The van der Waals surface area contributed by atoms with E-state index in [0.29, 0.717) is 19.8 Å². The summed E-state index contributed by atoms with van der Waals surface area (Å²) in [6.07, 6.45) is -0.510. The summed E-state index contributed by atoms with van der Waals surface area (Å²) in [5, 5.41) is 2.58. The van der Waals surface area contributed by atoms with Gasteiger partial charge in [0, 0.05) is 0 Å². The Labute approximate surface area is 88.2 Å². The molecule has 1 fully saturated rings. The molecule has 4 nitrogen and oxygen atoms in total. The highest BCUT2D eigenvalue weighted by Gasteiger charge is 2.22. The van der Waals surface area contributed by atoms with Gasteiger partial charge in [0.1, 0.15) is 6.10 Å². The third kappa shape index (κ3) is 2.95. The highest BCUT2D eigenvalue weighted by molar-refractivity contribution is 5.69. The van der Waals surface area contributed by atoms with Crippen molar-refractivity contribution in [1.29, 1.82) is 0 Å². The fraction of sp³-hybridized carbons (Fsp3) is 0.364. The van der Waals surface area contributed by atoms with Gasteiger partial charge < -0.3 is 14.8 Å². The first kappa shape index (κ1) is 9.98. The Kier molecular flexibility index (Phi) is 3.19. The fourth-order valence-corrected chi connectivity index (χ4v) is 1.41. The molecule has 1 atom stereocenters. The van der Waals surface area contributed by atoms with Crippen LogP contribution in [0.3, 0.4) is 0 Å². The fourth-order valence-electron chi connectivity index (χ4n) is 1.41. The van der Waals surface area contributed by atoms with E-state index in [1.807, 2.05) is 30.3 Å². The Morgan fingerprint density at radius 2 is 2.20 bits per heavy atom. The number of cyclic esters (lactones) is 1. The van der Waals surface area contributed by atoms with Gasteiger partial charge in [-0.2, -0.15) is 0 Å². The molecule has 0 bridgehead atoms. The molecule has 2 rings (SSSR count). The predicted octanol–water partition coefficient (Wildman–Crippen LogP) is 1.31. The number of alkyl carbamates (subject to hydrolysis) is 1. The Morgan fingerprint density at radius 3 is 2.87 bits per heavy atom. The minimum Gasteiger partial charge on any atom is -0.442 e. The molecule has 0 aromatic heterocycles. The molecule has 1 amide bonds. The van der Waals surface area contributed by atoms with Gasteiger partial charge in [-0.1, -0.05) is 30.3 Å². The number of hydrogen-bond acceptors (Lipinski definition) is 3. The predicted molar refractivity (Wildman–Crippen MR) is 54.4 cm³/mol. The third-order valence-electron chi connectivity index (χ3n) is 2.16. The molecule has 4 heteroatoms. The standard InChI is InChI=1S/C11H13NO3/c13-11-12-6-10(15-11)8-14-7-9-4-2-1-3-5-9/h1-5,10H,6-8H2,(H,12,13)/t10-/m0/s1. The second-order valence-corrected chi connectivity index (χ2v) is 3.41.